The minimum absolute atomic E-state index is 0.193. The average molecular weight is 525 g/mol. The number of piperidine rings is 1. The molecule has 1 amide bonds. The Kier molecular flexibility index (Phi) is 8.57. The molecule has 0 unspecified atom stereocenters. The van der Waals surface area contributed by atoms with E-state index in [9.17, 15) is 9.18 Å². The lowest BCUT2D eigenvalue weighted by Crippen LogP contribution is -2.38. The van der Waals surface area contributed by atoms with Crippen molar-refractivity contribution in [2.24, 2.45) is 0 Å². The molecule has 0 atom stereocenters. The lowest BCUT2D eigenvalue weighted by Gasteiger charge is -2.30. The molecule has 1 fully saturated rings. The molecule has 3 heterocycles. The summed E-state index contributed by atoms with van der Waals surface area (Å²) in [5.74, 6) is 0.254. The second-order valence-electron chi connectivity index (χ2n) is 8.57. The number of aryl methyl sites for hydroxylation is 1. The Balaban J connectivity index is 0.00000102. The number of likely N-dealkylation sites (tertiary alicyclic amines) is 1. The zero-order valence-electron chi connectivity index (χ0n) is 20.1. The number of rotatable bonds is 5. The summed E-state index contributed by atoms with van der Waals surface area (Å²) in [5.41, 5.74) is 4.29. The highest BCUT2D eigenvalue weighted by molar-refractivity contribution is 7.51. The third-order valence-electron chi connectivity index (χ3n) is 6.16. The summed E-state index contributed by atoms with van der Waals surface area (Å²) >= 11 is -0.750. The zero-order chi connectivity index (χ0) is 26.2. The largest absolute Gasteiger partial charge is 0.458 e. The summed E-state index contributed by atoms with van der Waals surface area (Å²) in [6.07, 6.45) is 4.40. The molecular formula is C26H25FN4O5S. The van der Waals surface area contributed by atoms with Gasteiger partial charge >= 0.3 is 17.7 Å². The number of benzene rings is 2. The molecule has 0 aliphatic carbocycles. The highest BCUT2D eigenvalue weighted by Crippen LogP contribution is 2.36. The predicted octanol–water partition coefficient (Wildman–Crippen LogP) is 5.26. The molecular weight excluding hydrogens is 499 g/mol. The van der Waals surface area contributed by atoms with Crippen LogP contribution in [0.5, 0.6) is 0 Å². The minimum atomic E-state index is -0.750. The van der Waals surface area contributed by atoms with E-state index in [1.165, 1.54) is 12.4 Å². The first-order valence-electron chi connectivity index (χ1n) is 11.6. The predicted molar refractivity (Wildman–Crippen MR) is 135 cm³/mol. The molecule has 9 nitrogen and oxygen atoms in total. The van der Waals surface area contributed by atoms with Gasteiger partial charge in [-0.25, -0.2) is 19.2 Å². The zero-order valence-corrected chi connectivity index (χ0v) is 20.9. The number of ether oxygens (including phenoxy) is 1. The van der Waals surface area contributed by atoms with Gasteiger partial charge in [-0.3, -0.25) is 0 Å². The van der Waals surface area contributed by atoms with Gasteiger partial charge in [0.25, 0.3) is 0 Å². The number of amides is 1. The standard InChI is InChI=1S/C26H25FN4O3.O2S/c1-17-7-8-22(21(27)13-17)30-25-24-23(28-16-29-25)20(15-33-24)19-9-11-31(12-10-19)26(32)34-14-18-5-3-2-4-6-18;1-3-2/h2-8,13,15-16,19H,9-12,14H2,1H3,(H,28,29,30);. The van der Waals surface area contributed by atoms with Crippen LogP contribution >= 0.6 is 0 Å². The molecule has 0 spiro atoms. The Morgan fingerprint density at radius 2 is 1.89 bits per heavy atom. The molecule has 5 rings (SSSR count). The van der Waals surface area contributed by atoms with E-state index in [4.69, 9.17) is 17.6 Å². The number of fused-ring (bicyclic) bond motifs is 1. The van der Waals surface area contributed by atoms with E-state index in [0.29, 0.717) is 35.7 Å². The topological polar surface area (TPSA) is 115 Å². The van der Waals surface area contributed by atoms with E-state index < -0.39 is 11.6 Å². The fourth-order valence-electron chi connectivity index (χ4n) is 4.28. The van der Waals surface area contributed by atoms with E-state index in [1.54, 1.807) is 17.2 Å². The molecule has 4 aromatic rings. The number of nitrogens with zero attached hydrogens (tertiary/aromatic N) is 3. The number of halogens is 1. The van der Waals surface area contributed by atoms with Crippen LogP contribution in [0.15, 0.2) is 65.5 Å². The Labute approximate surface area is 216 Å². The van der Waals surface area contributed by atoms with Gasteiger partial charge in [0.1, 0.15) is 24.3 Å². The van der Waals surface area contributed by atoms with Gasteiger partial charge in [-0.05, 0) is 48.9 Å². The van der Waals surface area contributed by atoms with Crippen LogP contribution in [-0.2, 0) is 22.9 Å². The van der Waals surface area contributed by atoms with Crippen LogP contribution in [0.3, 0.4) is 0 Å². The third kappa shape index (κ3) is 6.36. The van der Waals surface area contributed by atoms with Crippen LogP contribution in [-0.4, -0.2) is 42.5 Å². The van der Waals surface area contributed by atoms with Crippen molar-refractivity contribution < 1.29 is 26.8 Å². The molecule has 11 heteroatoms. The quantitative estimate of drug-likeness (QED) is 0.376. The number of hydrogen-bond acceptors (Lipinski definition) is 8. The SMILES string of the molecule is Cc1ccc(Nc2ncnc3c(C4CCN(C(=O)OCc5ccccc5)CC4)coc23)c(F)c1.O=S=O. The number of hydrogen-bond donors (Lipinski definition) is 1. The summed E-state index contributed by atoms with van der Waals surface area (Å²) in [7, 11) is 0. The van der Waals surface area contributed by atoms with Crippen molar-refractivity contribution in [3.05, 3.63) is 83.6 Å². The first kappa shape index (κ1) is 26.0. The molecule has 0 saturated carbocycles. The van der Waals surface area contributed by atoms with Gasteiger partial charge in [0.2, 0.25) is 0 Å². The number of aromatic nitrogens is 2. The molecule has 0 bridgehead atoms. The van der Waals surface area contributed by atoms with Gasteiger partial charge in [-0.15, -0.1) is 0 Å². The second kappa shape index (κ2) is 12.2. The number of carbonyl (C=O) groups is 1. The Hall–Kier alpha value is -4.12. The van der Waals surface area contributed by atoms with Crippen molar-refractivity contribution >= 4 is 40.3 Å². The molecule has 1 saturated heterocycles. The Bertz CT molecular complexity index is 1400. The summed E-state index contributed by atoms with van der Waals surface area (Å²) in [5, 5.41) is 3.02. The van der Waals surface area contributed by atoms with Gasteiger partial charge in [0.05, 0.1) is 12.0 Å². The fourth-order valence-corrected chi connectivity index (χ4v) is 4.28. The van der Waals surface area contributed by atoms with E-state index >= 15 is 0 Å². The van der Waals surface area contributed by atoms with Crippen molar-refractivity contribution in [1.29, 1.82) is 0 Å². The lowest BCUT2D eigenvalue weighted by molar-refractivity contribution is 0.0870. The van der Waals surface area contributed by atoms with Crippen LogP contribution in [0.4, 0.5) is 20.7 Å². The van der Waals surface area contributed by atoms with Crippen molar-refractivity contribution in [2.75, 3.05) is 18.4 Å². The van der Waals surface area contributed by atoms with Crippen LogP contribution in [0.2, 0.25) is 0 Å². The number of furan rings is 1. The van der Waals surface area contributed by atoms with Crippen molar-refractivity contribution in [1.82, 2.24) is 14.9 Å². The van der Waals surface area contributed by atoms with Gasteiger partial charge in [-0.1, -0.05) is 36.4 Å². The molecule has 37 heavy (non-hydrogen) atoms. The molecule has 2 aromatic carbocycles. The van der Waals surface area contributed by atoms with Crippen molar-refractivity contribution in [3.8, 4) is 0 Å². The normalized spacial score (nSPS) is 13.5. The maximum absolute atomic E-state index is 14.3. The van der Waals surface area contributed by atoms with E-state index in [-0.39, 0.29) is 24.4 Å². The maximum atomic E-state index is 14.3. The van der Waals surface area contributed by atoms with Crippen LogP contribution in [0, 0.1) is 12.7 Å². The average Bonchev–Trinajstić information content (AvgIpc) is 3.35. The smallest absolute Gasteiger partial charge is 0.410 e. The van der Waals surface area contributed by atoms with E-state index in [1.807, 2.05) is 43.3 Å². The van der Waals surface area contributed by atoms with Gasteiger partial charge in [0.15, 0.2) is 11.4 Å². The molecule has 192 valence electrons. The van der Waals surface area contributed by atoms with Crippen LogP contribution < -0.4 is 5.32 Å². The molecule has 0 radical (unpaired) electrons. The van der Waals surface area contributed by atoms with Gasteiger partial charge < -0.3 is 19.4 Å². The highest BCUT2D eigenvalue weighted by Gasteiger charge is 2.28. The number of anilines is 2. The first-order valence-corrected chi connectivity index (χ1v) is 12.3. The molecule has 1 aliphatic heterocycles. The number of carbonyl (C=O) groups excluding carboxylic acids is 1. The molecule has 1 aliphatic rings. The van der Waals surface area contributed by atoms with Crippen molar-refractivity contribution in [2.45, 2.75) is 32.3 Å². The third-order valence-corrected chi connectivity index (χ3v) is 6.16. The van der Waals surface area contributed by atoms with E-state index in [2.05, 4.69) is 15.3 Å². The lowest BCUT2D eigenvalue weighted by atomic mass is 9.90. The second-order valence-corrected chi connectivity index (χ2v) is 8.70. The van der Waals surface area contributed by atoms with Gasteiger partial charge in [-0.2, -0.15) is 8.42 Å². The summed E-state index contributed by atoms with van der Waals surface area (Å²) in [4.78, 5) is 22.9. The number of nitrogens with one attached hydrogen (secondary N) is 1. The minimum Gasteiger partial charge on any atom is -0.458 e. The van der Waals surface area contributed by atoms with E-state index in [0.717, 1.165) is 29.5 Å². The van der Waals surface area contributed by atoms with Crippen molar-refractivity contribution in [3.63, 3.8) is 0 Å². The van der Waals surface area contributed by atoms with Crippen LogP contribution in [0.25, 0.3) is 11.1 Å². The monoisotopic (exact) mass is 524 g/mol. The molecule has 2 aromatic heterocycles. The summed E-state index contributed by atoms with van der Waals surface area (Å²) in [6, 6.07) is 14.6. The van der Waals surface area contributed by atoms with Crippen LogP contribution in [0.1, 0.15) is 35.4 Å². The van der Waals surface area contributed by atoms with Gasteiger partial charge in [0, 0.05) is 18.7 Å². The maximum Gasteiger partial charge on any atom is 0.410 e. The Morgan fingerprint density at radius 3 is 2.59 bits per heavy atom. The summed E-state index contributed by atoms with van der Waals surface area (Å²) < 4.78 is 42.2. The molecule has 1 N–H and O–H groups in total. The summed E-state index contributed by atoms with van der Waals surface area (Å²) in [6.45, 7) is 3.29. The Morgan fingerprint density at radius 1 is 1.16 bits per heavy atom. The fraction of sp³-hybridized carbons (Fsp3) is 0.269. The first-order chi connectivity index (χ1) is 18.0. The highest BCUT2D eigenvalue weighted by atomic mass is 32.1.